The molecule has 1 N–H and O–H groups in total. The SMILES string of the molecule is [Se]=C(NC1CCCCC1)N(C1CCCCC1)C1CCCCC1. The van der Waals surface area contributed by atoms with Crippen molar-refractivity contribution in [1.82, 2.24) is 10.2 Å². The minimum absolute atomic E-state index is 0.722. The van der Waals surface area contributed by atoms with Crippen LogP contribution in [0.1, 0.15) is 96.3 Å². The van der Waals surface area contributed by atoms with E-state index >= 15 is 0 Å². The zero-order valence-corrected chi connectivity index (χ0v) is 15.9. The molecule has 0 aromatic heterocycles. The maximum absolute atomic E-state index is 3.90. The Labute approximate surface area is 145 Å². The van der Waals surface area contributed by atoms with Gasteiger partial charge in [0.25, 0.3) is 0 Å². The average molecular weight is 369 g/mol. The van der Waals surface area contributed by atoms with Gasteiger partial charge in [0.05, 0.1) is 0 Å². The van der Waals surface area contributed by atoms with Gasteiger partial charge in [0.2, 0.25) is 0 Å². The summed E-state index contributed by atoms with van der Waals surface area (Å²) in [6, 6.07) is 2.31. The van der Waals surface area contributed by atoms with Crippen LogP contribution in [-0.2, 0) is 0 Å². The molecule has 0 saturated heterocycles. The second kappa shape index (κ2) is 8.73. The third kappa shape index (κ3) is 4.51. The Morgan fingerprint density at radius 3 is 1.50 bits per heavy atom. The zero-order valence-electron chi connectivity index (χ0n) is 14.2. The van der Waals surface area contributed by atoms with Crippen molar-refractivity contribution in [2.75, 3.05) is 0 Å². The van der Waals surface area contributed by atoms with Crippen LogP contribution < -0.4 is 5.32 Å². The molecular formula is C19H34N2Se. The second-order valence-corrected chi connectivity index (χ2v) is 8.59. The molecule has 0 aliphatic heterocycles. The summed E-state index contributed by atoms with van der Waals surface area (Å²) in [5, 5.41) is 3.90. The van der Waals surface area contributed by atoms with E-state index in [0.717, 1.165) is 18.1 Å². The van der Waals surface area contributed by atoms with Gasteiger partial charge >= 0.3 is 145 Å². The number of nitrogens with zero attached hydrogens (tertiary/aromatic N) is 1. The van der Waals surface area contributed by atoms with E-state index in [2.05, 4.69) is 25.8 Å². The molecule has 0 heterocycles. The van der Waals surface area contributed by atoms with Crippen molar-refractivity contribution in [2.24, 2.45) is 0 Å². The van der Waals surface area contributed by atoms with Gasteiger partial charge in [-0.15, -0.1) is 0 Å². The number of hydrogen-bond acceptors (Lipinski definition) is 2. The Balaban J connectivity index is 1.64. The molecule has 3 heteroatoms. The quantitative estimate of drug-likeness (QED) is 0.733. The van der Waals surface area contributed by atoms with Crippen molar-refractivity contribution in [3.63, 3.8) is 0 Å². The van der Waals surface area contributed by atoms with E-state index in [-0.39, 0.29) is 0 Å². The molecule has 0 aromatic carbocycles. The van der Waals surface area contributed by atoms with Crippen LogP contribution in [0.3, 0.4) is 0 Å². The van der Waals surface area contributed by atoms with Gasteiger partial charge in [0.1, 0.15) is 0 Å². The van der Waals surface area contributed by atoms with Crippen molar-refractivity contribution < 1.29 is 0 Å². The van der Waals surface area contributed by atoms with Crippen LogP contribution in [0.5, 0.6) is 0 Å². The second-order valence-electron chi connectivity index (χ2n) is 7.78. The fraction of sp³-hybridized carbons (Fsp3) is 0.947. The summed E-state index contributed by atoms with van der Waals surface area (Å²) in [6.45, 7) is 0. The average Bonchev–Trinajstić information content (AvgIpc) is 2.58. The topological polar surface area (TPSA) is 15.3 Å². The molecule has 0 amide bonds. The first-order valence-corrected chi connectivity index (χ1v) is 10.8. The first-order chi connectivity index (χ1) is 10.8. The Kier molecular flexibility index (Phi) is 6.68. The minimum atomic E-state index is 0.722. The Hall–Kier alpha value is -0.0105. The zero-order chi connectivity index (χ0) is 15.2. The molecule has 0 bridgehead atoms. The molecule has 3 rings (SSSR count). The van der Waals surface area contributed by atoms with E-state index < -0.39 is 0 Å². The summed E-state index contributed by atoms with van der Waals surface area (Å²) in [5.74, 6) is 0. The fourth-order valence-electron chi connectivity index (χ4n) is 4.84. The van der Waals surface area contributed by atoms with Crippen LogP contribution in [0.15, 0.2) is 0 Å². The van der Waals surface area contributed by atoms with Crippen LogP contribution in [-0.4, -0.2) is 43.3 Å². The first-order valence-electron chi connectivity index (χ1n) is 9.93. The van der Waals surface area contributed by atoms with Crippen molar-refractivity contribution in [3.05, 3.63) is 0 Å². The van der Waals surface area contributed by atoms with Gasteiger partial charge < -0.3 is 0 Å². The van der Waals surface area contributed by atoms with E-state index in [1.165, 1.54) is 101 Å². The van der Waals surface area contributed by atoms with Crippen molar-refractivity contribution in [1.29, 1.82) is 0 Å². The van der Waals surface area contributed by atoms with E-state index in [0.29, 0.717) is 0 Å². The van der Waals surface area contributed by atoms with Crippen molar-refractivity contribution in [2.45, 2.75) is 114 Å². The molecule has 0 atom stereocenters. The third-order valence-electron chi connectivity index (χ3n) is 6.10. The standard InChI is InChI=1S/C19H34N2Se/c22-19(20-16-10-4-1-5-11-16)21(17-12-6-2-7-13-17)18-14-8-3-9-15-18/h16-18H,1-15H2,(H,20,22). The summed E-state index contributed by atoms with van der Waals surface area (Å²) in [7, 11) is 0. The summed E-state index contributed by atoms with van der Waals surface area (Å²) in [5.41, 5.74) is 0. The van der Waals surface area contributed by atoms with Crippen LogP contribution in [0, 0.1) is 0 Å². The Morgan fingerprint density at radius 1 is 0.636 bits per heavy atom. The summed E-state index contributed by atoms with van der Waals surface area (Å²) in [6.07, 6.45) is 21.3. The molecule has 2 nitrogen and oxygen atoms in total. The molecule has 126 valence electrons. The van der Waals surface area contributed by atoms with E-state index in [9.17, 15) is 0 Å². The van der Waals surface area contributed by atoms with Gasteiger partial charge in [-0.25, -0.2) is 0 Å². The van der Waals surface area contributed by atoms with Crippen LogP contribution in [0.25, 0.3) is 0 Å². The Bertz CT molecular complexity index is 321. The van der Waals surface area contributed by atoms with Gasteiger partial charge in [0, 0.05) is 0 Å². The summed E-state index contributed by atoms with van der Waals surface area (Å²) < 4.78 is 1.39. The molecule has 3 fully saturated rings. The molecule has 3 aliphatic rings. The molecule has 22 heavy (non-hydrogen) atoms. The van der Waals surface area contributed by atoms with E-state index in [4.69, 9.17) is 0 Å². The molecule has 0 unspecified atom stereocenters. The number of hydrogen-bond donors (Lipinski definition) is 1. The van der Waals surface area contributed by atoms with Gasteiger partial charge in [-0.2, -0.15) is 0 Å². The first kappa shape index (κ1) is 16.8. The number of rotatable bonds is 5. The van der Waals surface area contributed by atoms with Crippen LogP contribution in [0.4, 0.5) is 0 Å². The molecule has 0 aromatic rings. The number of nitrogens with one attached hydrogen (secondary N) is 1. The van der Waals surface area contributed by atoms with E-state index in [1.807, 2.05) is 0 Å². The maximum atomic E-state index is 3.90. The van der Waals surface area contributed by atoms with Crippen molar-refractivity contribution >= 4 is 20.2 Å². The summed E-state index contributed by atoms with van der Waals surface area (Å²) in [4.78, 5) is 2.81. The van der Waals surface area contributed by atoms with Crippen molar-refractivity contribution in [3.8, 4) is 0 Å². The molecule has 3 aliphatic carbocycles. The third-order valence-corrected chi connectivity index (χ3v) is 6.79. The predicted octanol–water partition coefficient (Wildman–Crippen LogP) is 4.13. The summed E-state index contributed by atoms with van der Waals surface area (Å²) >= 11 is 3.45. The van der Waals surface area contributed by atoms with Gasteiger partial charge in [-0.3, -0.25) is 0 Å². The van der Waals surface area contributed by atoms with Crippen LogP contribution in [0.2, 0.25) is 0 Å². The van der Waals surface area contributed by atoms with E-state index in [1.54, 1.807) is 0 Å². The van der Waals surface area contributed by atoms with Gasteiger partial charge in [-0.1, -0.05) is 0 Å². The molecule has 0 spiro atoms. The van der Waals surface area contributed by atoms with Gasteiger partial charge in [-0.05, 0) is 0 Å². The molecular weight excluding hydrogens is 335 g/mol. The van der Waals surface area contributed by atoms with Gasteiger partial charge in [0.15, 0.2) is 0 Å². The molecule has 0 radical (unpaired) electrons. The monoisotopic (exact) mass is 370 g/mol. The fourth-order valence-corrected chi connectivity index (χ4v) is 5.82. The predicted molar refractivity (Wildman–Crippen MR) is 96.4 cm³/mol. The normalized spacial score (nSPS) is 25.8. The van der Waals surface area contributed by atoms with Crippen LogP contribution >= 0.6 is 0 Å². The molecule has 3 saturated carbocycles. The Morgan fingerprint density at radius 2 is 1.05 bits per heavy atom.